The van der Waals surface area contributed by atoms with Gasteiger partial charge in [-0.3, -0.25) is 0 Å². The van der Waals surface area contributed by atoms with Crippen molar-refractivity contribution >= 4 is 129 Å². The molecule has 0 radical (unpaired) electrons. The van der Waals surface area contributed by atoms with Crippen LogP contribution in [-0.2, 0) is 77.0 Å². The van der Waals surface area contributed by atoms with E-state index in [-0.39, 0.29) is 0 Å². The standard InChI is InChI=1S/C106H168S6/c1-13-25-37-49-61-85-83-107-97(87(85)63-51-39-27-15-3)73-75-99-89(65-53-41-29-17-5)91(67-55-43-31-19-7)101(109-99)77-79-103-93(69-57-45-33-21-9)95(71-59-47-35-23-11)105(111-103)81-82-106-96(72-60-48-36-24-12)94(70-58-46-34-22-10)104(112-106)80-78-102-92(68-56-44-32-20-8)90(66-54-42-30-18-6)100(110-102)76-74-98-88(64-52-40-28-16-4)86(84-108-98)62-50-38-26-14-2/h73-84H,13-72H2,1-12H3/b75-73+,76-74+,79-77+,80-78+,82-81+. The number of aryl methyl sites for hydroxylation is 2. The minimum absolute atomic E-state index is 1.19. The van der Waals surface area contributed by atoms with Crippen LogP contribution in [0.4, 0.5) is 0 Å². The van der Waals surface area contributed by atoms with E-state index in [0.29, 0.717) is 0 Å². The van der Waals surface area contributed by atoms with E-state index in [1.807, 2.05) is 22.7 Å². The molecule has 6 heterocycles. The molecule has 6 aromatic rings. The monoisotopic (exact) mass is 1630 g/mol. The van der Waals surface area contributed by atoms with Gasteiger partial charge in [0, 0.05) is 48.8 Å². The minimum atomic E-state index is 1.19. The lowest BCUT2D eigenvalue weighted by molar-refractivity contribution is 0.651. The topological polar surface area (TPSA) is 0 Å². The lowest BCUT2D eigenvalue weighted by atomic mass is 9.95. The van der Waals surface area contributed by atoms with Crippen LogP contribution in [0.2, 0.25) is 0 Å². The first kappa shape index (κ1) is 97.7. The second-order valence-electron chi connectivity index (χ2n) is 33.8. The highest BCUT2D eigenvalue weighted by atomic mass is 32.1. The zero-order valence-electron chi connectivity index (χ0n) is 74.8. The number of thiophene rings is 6. The average molecular weight is 1630 g/mol. The van der Waals surface area contributed by atoms with Crippen molar-refractivity contribution < 1.29 is 0 Å². The Morgan fingerprint density at radius 1 is 0.152 bits per heavy atom. The number of hydrogen-bond acceptors (Lipinski definition) is 6. The second-order valence-corrected chi connectivity index (χ2v) is 39.9. The molecule has 628 valence electrons. The van der Waals surface area contributed by atoms with Gasteiger partial charge in [-0.15, -0.1) is 68.0 Å². The van der Waals surface area contributed by atoms with E-state index < -0.39 is 0 Å². The van der Waals surface area contributed by atoms with Gasteiger partial charge in [0.25, 0.3) is 0 Å². The highest BCUT2D eigenvalue weighted by molar-refractivity contribution is 7.16. The summed E-state index contributed by atoms with van der Waals surface area (Å²) < 4.78 is 0. The number of rotatable bonds is 70. The normalized spacial score (nSPS) is 12.3. The zero-order valence-corrected chi connectivity index (χ0v) is 79.7. The summed E-state index contributed by atoms with van der Waals surface area (Å²) in [7, 11) is 0. The van der Waals surface area contributed by atoms with Gasteiger partial charge >= 0.3 is 0 Å². The Kier molecular flexibility index (Phi) is 54.2. The van der Waals surface area contributed by atoms with Crippen molar-refractivity contribution in [1.82, 2.24) is 0 Å². The molecule has 0 aromatic carbocycles. The zero-order chi connectivity index (χ0) is 79.9. The van der Waals surface area contributed by atoms with Gasteiger partial charge in [-0.2, -0.15) is 0 Å². The van der Waals surface area contributed by atoms with E-state index in [1.165, 1.54) is 395 Å². The van der Waals surface area contributed by atoms with Gasteiger partial charge in [0.05, 0.1) is 0 Å². The van der Waals surface area contributed by atoms with Crippen molar-refractivity contribution in [2.45, 2.75) is 468 Å². The Hall–Kier alpha value is -3.10. The molecular formula is C106H168S6. The van der Waals surface area contributed by atoms with Crippen molar-refractivity contribution in [2.24, 2.45) is 0 Å². The predicted octanol–water partition coefficient (Wildman–Crippen LogP) is 38.4. The van der Waals surface area contributed by atoms with E-state index in [2.05, 4.69) is 200 Å². The SMILES string of the molecule is CCCCCCc1csc(/C=C/c2sc(/C=C/c3sc(/C=C/c4sc(/C=C/c5sc(/C=C/c6scc(CCCCCC)c6CCCCCC)c(CCCCCC)c5CCCCCC)c(CCCCCC)c4CCCCCC)c(CCCCCC)c3CCCCCC)c(CCCCCC)c2CCCCCC)c1CCCCCC. The summed E-state index contributed by atoms with van der Waals surface area (Å²) in [6.07, 6.45) is 104. The summed E-state index contributed by atoms with van der Waals surface area (Å²) in [4.78, 5) is 15.4. The highest BCUT2D eigenvalue weighted by Gasteiger charge is 2.23. The molecule has 6 heteroatoms. The Morgan fingerprint density at radius 2 is 0.286 bits per heavy atom. The molecule has 0 bridgehead atoms. The van der Waals surface area contributed by atoms with E-state index in [4.69, 9.17) is 0 Å². The van der Waals surface area contributed by atoms with Crippen LogP contribution in [0.1, 0.15) is 507 Å². The second kappa shape index (κ2) is 62.1. The first-order chi connectivity index (χ1) is 55.2. The van der Waals surface area contributed by atoms with E-state index in [1.54, 1.807) is 106 Å². The van der Waals surface area contributed by atoms with Crippen LogP contribution < -0.4 is 0 Å². The molecule has 0 saturated heterocycles. The molecule has 0 aliphatic heterocycles. The maximum Gasteiger partial charge on any atom is 0.0312 e. The first-order valence-corrected chi connectivity index (χ1v) is 53.4. The lowest BCUT2D eigenvalue weighted by Crippen LogP contribution is -1.96. The third-order valence-electron chi connectivity index (χ3n) is 24.1. The van der Waals surface area contributed by atoms with Crippen LogP contribution in [-0.4, -0.2) is 0 Å². The molecule has 0 aliphatic carbocycles. The van der Waals surface area contributed by atoms with Crippen LogP contribution in [0, 0.1) is 0 Å². The summed E-state index contributed by atoms with van der Waals surface area (Å²) in [6.45, 7) is 28.5. The number of hydrogen-bond donors (Lipinski definition) is 0. The van der Waals surface area contributed by atoms with Gasteiger partial charge in [0.1, 0.15) is 0 Å². The predicted molar refractivity (Wildman–Crippen MR) is 525 cm³/mol. The maximum absolute atomic E-state index is 2.68. The highest BCUT2D eigenvalue weighted by Crippen LogP contribution is 2.43. The van der Waals surface area contributed by atoms with Crippen LogP contribution in [0.3, 0.4) is 0 Å². The molecule has 0 nitrogen and oxygen atoms in total. The quantitative estimate of drug-likeness (QED) is 0.0334. The fourth-order valence-electron chi connectivity index (χ4n) is 17.1. The van der Waals surface area contributed by atoms with E-state index in [0.717, 1.165) is 0 Å². The van der Waals surface area contributed by atoms with Crippen molar-refractivity contribution in [1.29, 1.82) is 0 Å². The molecule has 0 unspecified atom stereocenters. The third kappa shape index (κ3) is 35.4. The summed E-state index contributed by atoms with van der Waals surface area (Å²) >= 11 is 12.7. The van der Waals surface area contributed by atoms with Crippen molar-refractivity contribution in [3.05, 3.63) is 126 Å². The van der Waals surface area contributed by atoms with Gasteiger partial charge in [0.2, 0.25) is 0 Å². The molecule has 0 aliphatic rings. The molecular weight excluding hydrogens is 1470 g/mol. The Bertz CT molecular complexity index is 3290. The number of unbranched alkanes of at least 4 members (excludes halogenated alkanes) is 36. The smallest absolute Gasteiger partial charge is 0.0312 e. The summed E-state index contributed by atoms with van der Waals surface area (Å²) in [6, 6.07) is 0. The van der Waals surface area contributed by atoms with Gasteiger partial charge in [-0.1, -0.05) is 314 Å². The Balaban J connectivity index is 1.55. The van der Waals surface area contributed by atoms with Crippen molar-refractivity contribution in [3.8, 4) is 0 Å². The molecule has 112 heavy (non-hydrogen) atoms. The molecule has 6 rings (SSSR count). The van der Waals surface area contributed by atoms with Crippen molar-refractivity contribution in [3.63, 3.8) is 0 Å². The molecule has 6 aromatic heterocycles. The third-order valence-corrected chi connectivity index (χ3v) is 31.0. The largest absolute Gasteiger partial charge is 0.144 e. The van der Waals surface area contributed by atoms with E-state index in [9.17, 15) is 0 Å². The van der Waals surface area contributed by atoms with Gasteiger partial charge in [-0.25, -0.2) is 0 Å². The molecule has 0 N–H and O–H groups in total. The van der Waals surface area contributed by atoms with Crippen molar-refractivity contribution in [2.75, 3.05) is 0 Å². The van der Waals surface area contributed by atoms with Gasteiger partial charge in [0.15, 0.2) is 0 Å². The van der Waals surface area contributed by atoms with Gasteiger partial charge < -0.3 is 0 Å². The summed E-state index contributed by atoms with van der Waals surface area (Å²) in [5, 5.41) is 5.12. The molecule has 0 atom stereocenters. The molecule has 0 amide bonds. The maximum atomic E-state index is 2.68. The van der Waals surface area contributed by atoms with Gasteiger partial charge in [-0.05, 0) is 292 Å². The fourth-order valence-corrected chi connectivity index (χ4v) is 24.0. The minimum Gasteiger partial charge on any atom is -0.144 e. The van der Waals surface area contributed by atoms with Crippen LogP contribution in [0.5, 0.6) is 0 Å². The Morgan fingerprint density at radius 3 is 0.438 bits per heavy atom. The Labute approximate surface area is 717 Å². The van der Waals surface area contributed by atoms with Crippen LogP contribution in [0.25, 0.3) is 60.8 Å². The molecule has 0 fully saturated rings. The fraction of sp³-hybridized carbons (Fsp3) is 0.679. The molecule has 0 spiro atoms. The first-order valence-electron chi connectivity index (χ1n) is 48.4. The summed E-state index contributed by atoms with van der Waals surface area (Å²) in [5.41, 5.74) is 20.1. The lowest BCUT2D eigenvalue weighted by Gasteiger charge is -2.09. The molecule has 0 saturated carbocycles. The van der Waals surface area contributed by atoms with Crippen LogP contribution >= 0.6 is 68.0 Å². The van der Waals surface area contributed by atoms with Crippen LogP contribution in [0.15, 0.2) is 10.8 Å². The average Bonchev–Trinajstić information content (AvgIpc) is 1.65. The summed E-state index contributed by atoms with van der Waals surface area (Å²) in [5.74, 6) is 0. The van der Waals surface area contributed by atoms with E-state index >= 15 is 0 Å².